The van der Waals surface area contributed by atoms with Gasteiger partial charge in [0.1, 0.15) is 12.2 Å². The number of rotatable bonds is 5. The van der Waals surface area contributed by atoms with Gasteiger partial charge in [0, 0.05) is 6.42 Å². The first kappa shape index (κ1) is 20.6. The molecule has 6 heteroatoms. The van der Waals surface area contributed by atoms with Crippen molar-refractivity contribution in [3.8, 4) is 11.1 Å². The van der Waals surface area contributed by atoms with Crippen LogP contribution in [0.4, 0.5) is 4.79 Å². The molecular formula is C23H25NO5. The molecule has 0 fully saturated rings. The first-order chi connectivity index (χ1) is 13.7. The number of hydrogen-bond donors (Lipinski definition) is 1. The van der Waals surface area contributed by atoms with Crippen LogP contribution in [0.1, 0.15) is 50.3 Å². The van der Waals surface area contributed by atoms with Gasteiger partial charge < -0.3 is 9.47 Å². The van der Waals surface area contributed by atoms with Crippen molar-refractivity contribution in [2.45, 2.75) is 52.2 Å². The van der Waals surface area contributed by atoms with E-state index < -0.39 is 23.6 Å². The molecule has 6 nitrogen and oxygen atoms in total. The van der Waals surface area contributed by atoms with Crippen molar-refractivity contribution in [3.05, 3.63) is 59.2 Å². The molecule has 0 aromatic heterocycles. The van der Waals surface area contributed by atoms with Crippen LogP contribution < -0.4 is 5.32 Å². The summed E-state index contributed by atoms with van der Waals surface area (Å²) >= 11 is 0. The SMILES string of the molecule is CC(C)(C)OC(=O)CCC(=O)NC(=O)OCc1cccc2c1Cc1ccccc1-2. The van der Waals surface area contributed by atoms with E-state index in [9.17, 15) is 14.4 Å². The van der Waals surface area contributed by atoms with Crippen molar-refractivity contribution < 1.29 is 23.9 Å². The second-order valence-electron chi connectivity index (χ2n) is 7.99. The van der Waals surface area contributed by atoms with Crippen LogP contribution in [0.15, 0.2) is 42.5 Å². The lowest BCUT2D eigenvalue weighted by atomic mass is 10.0. The summed E-state index contributed by atoms with van der Waals surface area (Å²) in [6.45, 7) is 5.33. The first-order valence-electron chi connectivity index (χ1n) is 9.60. The maximum absolute atomic E-state index is 11.9. The zero-order valence-electron chi connectivity index (χ0n) is 16.9. The van der Waals surface area contributed by atoms with Gasteiger partial charge in [-0.3, -0.25) is 14.9 Å². The predicted octanol–water partition coefficient (Wildman–Crippen LogP) is 4.13. The van der Waals surface area contributed by atoms with E-state index in [-0.39, 0.29) is 19.4 Å². The number of carbonyl (C=O) groups is 3. The number of esters is 1. The standard InChI is InChI=1S/C23H25NO5/c1-23(2,3)29-21(26)12-11-20(25)24-22(27)28-14-16-8-6-10-18-17-9-5-4-7-15(17)13-19(16)18/h4-10H,11-14H2,1-3H3,(H,24,25,27). The first-order valence-corrected chi connectivity index (χ1v) is 9.60. The summed E-state index contributed by atoms with van der Waals surface area (Å²) in [5.74, 6) is -1.06. The molecule has 0 radical (unpaired) electrons. The molecule has 1 aliphatic rings. The van der Waals surface area contributed by atoms with Crippen molar-refractivity contribution in [2.24, 2.45) is 0 Å². The number of fused-ring (bicyclic) bond motifs is 3. The Balaban J connectivity index is 1.50. The summed E-state index contributed by atoms with van der Waals surface area (Å²) in [6.07, 6.45) is -0.269. The lowest BCUT2D eigenvalue weighted by Crippen LogP contribution is -2.32. The van der Waals surface area contributed by atoms with E-state index in [2.05, 4.69) is 23.5 Å². The Morgan fingerprint density at radius 1 is 0.966 bits per heavy atom. The second kappa shape index (κ2) is 8.47. The van der Waals surface area contributed by atoms with Crippen molar-refractivity contribution in [1.82, 2.24) is 5.32 Å². The number of amides is 2. The molecule has 2 amide bonds. The highest BCUT2D eigenvalue weighted by molar-refractivity contribution is 5.93. The third kappa shape index (κ3) is 5.44. The molecule has 0 saturated heterocycles. The van der Waals surface area contributed by atoms with Crippen molar-refractivity contribution in [3.63, 3.8) is 0 Å². The summed E-state index contributed by atoms with van der Waals surface area (Å²) in [5.41, 5.74) is 5.04. The van der Waals surface area contributed by atoms with E-state index in [1.165, 1.54) is 11.1 Å². The number of imide groups is 1. The number of ether oxygens (including phenoxy) is 2. The van der Waals surface area contributed by atoms with Gasteiger partial charge in [0.15, 0.2) is 0 Å². The maximum atomic E-state index is 11.9. The molecule has 1 aliphatic carbocycles. The number of alkyl carbamates (subject to hydrolysis) is 1. The Labute approximate surface area is 170 Å². The third-order valence-electron chi connectivity index (χ3n) is 4.52. The molecule has 0 saturated carbocycles. The maximum Gasteiger partial charge on any atom is 0.414 e. The van der Waals surface area contributed by atoms with E-state index in [4.69, 9.17) is 9.47 Å². The van der Waals surface area contributed by atoms with Gasteiger partial charge in [-0.05, 0) is 55.0 Å². The third-order valence-corrected chi connectivity index (χ3v) is 4.52. The molecule has 3 rings (SSSR count). The largest absolute Gasteiger partial charge is 0.460 e. The summed E-state index contributed by atoms with van der Waals surface area (Å²) in [6, 6.07) is 14.1. The lowest BCUT2D eigenvalue weighted by molar-refractivity contribution is -0.155. The van der Waals surface area contributed by atoms with E-state index in [0.29, 0.717) is 0 Å². The number of hydrogen-bond acceptors (Lipinski definition) is 5. The molecule has 0 heterocycles. The van der Waals surface area contributed by atoms with Crippen LogP contribution in [0.5, 0.6) is 0 Å². The van der Waals surface area contributed by atoms with Gasteiger partial charge in [-0.1, -0.05) is 42.5 Å². The molecule has 29 heavy (non-hydrogen) atoms. The summed E-state index contributed by atoms with van der Waals surface area (Å²) in [5, 5.41) is 2.15. The number of benzene rings is 2. The highest BCUT2D eigenvalue weighted by Crippen LogP contribution is 2.38. The van der Waals surface area contributed by atoms with Gasteiger partial charge in [-0.2, -0.15) is 0 Å². The predicted molar refractivity (Wildman–Crippen MR) is 108 cm³/mol. The Bertz CT molecular complexity index is 943. The van der Waals surface area contributed by atoms with Crippen LogP contribution in [0.2, 0.25) is 0 Å². The lowest BCUT2D eigenvalue weighted by Gasteiger charge is -2.19. The fourth-order valence-electron chi connectivity index (χ4n) is 3.32. The van der Waals surface area contributed by atoms with Gasteiger partial charge in [0.05, 0.1) is 6.42 Å². The quantitative estimate of drug-likeness (QED) is 0.657. The Morgan fingerprint density at radius 3 is 2.45 bits per heavy atom. The minimum Gasteiger partial charge on any atom is -0.460 e. The topological polar surface area (TPSA) is 81.7 Å². The fraction of sp³-hybridized carbons (Fsp3) is 0.348. The molecule has 2 aromatic rings. The highest BCUT2D eigenvalue weighted by atomic mass is 16.6. The van der Waals surface area contributed by atoms with Crippen molar-refractivity contribution >= 4 is 18.0 Å². The molecule has 0 atom stereocenters. The number of nitrogens with one attached hydrogen (secondary N) is 1. The zero-order chi connectivity index (χ0) is 21.0. The second-order valence-corrected chi connectivity index (χ2v) is 7.99. The Morgan fingerprint density at radius 2 is 1.69 bits per heavy atom. The fourth-order valence-corrected chi connectivity index (χ4v) is 3.32. The average Bonchev–Trinajstić information content (AvgIpc) is 3.03. The molecule has 152 valence electrons. The zero-order valence-corrected chi connectivity index (χ0v) is 16.9. The summed E-state index contributed by atoms with van der Waals surface area (Å²) < 4.78 is 10.4. The molecule has 2 aromatic carbocycles. The highest BCUT2D eigenvalue weighted by Gasteiger charge is 2.21. The van der Waals surface area contributed by atoms with Crippen LogP contribution in [0, 0.1) is 0 Å². The van der Waals surface area contributed by atoms with Crippen LogP contribution >= 0.6 is 0 Å². The Kier molecular flexibility index (Phi) is 6.01. The molecule has 0 spiro atoms. The van der Waals surface area contributed by atoms with Gasteiger partial charge in [0.25, 0.3) is 0 Å². The van der Waals surface area contributed by atoms with Crippen LogP contribution in [-0.4, -0.2) is 23.6 Å². The van der Waals surface area contributed by atoms with E-state index in [0.717, 1.165) is 23.1 Å². The van der Waals surface area contributed by atoms with Crippen molar-refractivity contribution in [1.29, 1.82) is 0 Å². The molecular weight excluding hydrogens is 370 g/mol. The Hall–Kier alpha value is -3.15. The molecule has 0 aliphatic heterocycles. The number of carbonyl (C=O) groups excluding carboxylic acids is 3. The smallest absolute Gasteiger partial charge is 0.414 e. The summed E-state index contributed by atoms with van der Waals surface area (Å²) in [4.78, 5) is 35.4. The minimum absolute atomic E-state index is 0.0718. The van der Waals surface area contributed by atoms with E-state index in [1.54, 1.807) is 20.8 Å². The van der Waals surface area contributed by atoms with Gasteiger partial charge in [0.2, 0.25) is 5.91 Å². The van der Waals surface area contributed by atoms with Gasteiger partial charge >= 0.3 is 12.1 Å². The molecule has 1 N–H and O–H groups in total. The summed E-state index contributed by atoms with van der Waals surface area (Å²) in [7, 11) is 0. The van der Waals surface area contributed by atoms with Gasteiger partial charge in [-0.25, -0.2) is 4.79 Å². The normalized spacial score (nSPS) is 12.0. The van der Waals surface area contributed by atoms with Crippen LogP contribution in [0.25, 0.3) is 11.1 Å². The van der Waals surface area contributed by atoms with E-state index >= 15 is 0 Å². The van der Waals surface area contributed by atoms with Crippen molar-refractivity contribution in [2.75, 3.05) is 0 Å². The monoisotopic (exact) mass is 395 g/mol. The molecule has 0 unspecified atom stereocenters. The molecule has 0 bridgehead atoms. The van der Waals surface area contributed by atoms with Crippen LogP contribution in [0.3, 0.4) is 0 Å². The van der Waals surface area contributed by atoms with Gasteiger partial charge in [-0.15, -0.1) is 0 Å². The minimum atomic E-state index is -0.827. The van der Waals surface area contributed by atoms with E-state index in [1.807, 2.05) is 24.3 Å². The average molecular weight is 395 g/mol. The van der Waals surface area contributed by atoms with Crippen LogP contribution in [-0.2, 0) is 32.1 Å².